The smallest absolute Gasteiger partial charge is 0.416 e. The summed E-state index contributed by atoms with van der Waals surface area (Å²) < 4.78 is 47.0. The fourth-order valence-electron chi connectivity index (χ4n) is 3.09. The van der Waals surface area contributed by atoms with Crippen LogP contribution in [0.5, 0.6) is 5.88 Å². The van der Waals surface area contributed by atoms with E-state index in [-0.39, 0.29) is 19.8 Å². The Morgan fingerprint density at radius 3 is 2.60 bits per heavy atom. The summed E-state index contributed by atoms with van der Waals surface area (Å²) >= 11 is 1.36. The summed E-state index contributed by atoms with van der Waals surface area (Å²) in [7, 11) is 1.41. The molecule has 3 aromatic rings. The number of alkyl halides is 3. The fourth-order valence-corrected chi connectivity index (χ4v) is 3.44. The molecule has 0 spiro atoms. The zero-order valence-corrected chi connectivity index (χ0v) is 17.6. The molecular formula is C20H22F3N3O3S. The van der Waals surface area contributed by atoms with Crippen molar-refractivity contribution in [2.24, 2.45) is 0 Å². The molecule has 0 saturated heterocycles. The Balaban J connectivity index is 2.02. The molecule has 0 fully saturated rings. The first-order chi connectivity index (χ1) is 14.4. The molecule has 6 nitrogen and oxygen atoms in total. The molecule has 0 radical (unpaired) electrons. The molecule has 2 heterocycles. The Hall–Kier alpha value is -2.30. The number of aromatic nitrogens is 3. The van der Waals surface area contributed by atoms with Crippen LogP contribution < -0.4 is 4.74 Å². The topological polar surface area (TPSA) is 58.4 Å². The van der Waals surface area contributed by atoms with Gasteiger partial charge in [0.2, 0.25) is 5.88 Å². The van der Waals surface area contributed by atoms with Crippen molar-refractivity contribution in [2.45, 2.75) is 31.2 Å². The summed E-state index contributed by atoms with van der Waals surface area (Å²) in [6.07, 6.45) is -1.86. The fraction of sp³-hybridized carbons (Fsp3) is 0.400. The van der Waals surface area contributed by atoms with Crippen molar-refractivity contribution in [1.29, 1.82) is 0 Å². The predicted octanol–water partition coefficient (Wildman–Crippen LogP) is 4.74. The van der Waals surface area contributed by atoms with Crippen molar-refractivity contribution in [3.8, 4) is 5.88 Å². The monoisotopic (exact) mass is 441 g/mol. The van der Waals surface area contributed by atoms with Crippen LogP contribution in [0.3, 0.4) is 0 Å². The molecule has 10 heteroatoms. The Kier molecular flexibility index (Phi) is 7.22. The molecule has 0 aliphatic carbocycles. The minimum atomic E-state index is -4.39. The first kappa shape index (κ1) is 22.4. The summed E-state index contributed by atoms with van der Waals surface area (Å²) in [6, 6.07) is 7.25. The number of aryl methyl sites for hydroxylation is 1. The van der Waals surface area contributed by atoms with Gasteiger partial charge in [0.25, 0.3) is 0 Å². The number of ether oxygens (including phenoxy) is 1. The van der Waals surface area contributed by atoms with E-state index in [0.717, 1.165) is 11.8 Å². The minimum Gasteiger partial charge on any atom is -0.474 e. The molecular weight excluding hydrogens is 419 g/mol. The van der Waals surface area contributed by atoms with E-state index in [1.807, 2.05) is 23.8 Å². The largest absolute Gasteiger partial charge is 0.474 e. The minimum absolute atomic E-state index is 0.224. The quantitative estimate of drug-likeness (QED) is 0.157. The van der Waals surface area contributed by atoms with Crippen molar-refractivity contribution < 1.29 is 27.7 Å². The van der Waals surface area contributed by atoms with Gasteiger partial charge < -0.3 is 9.30 Å². The van der Waals surface area contributed by atoms with Crippen molar-refractivity contribution in [3.05, 3.63) is 47.2 Å². The molecule has 0 amide bonds. The van der Waals surface area contributed by atoms with Gasteiger partial charge in [-0.05, 0) is 36.4 Å². The van der Waals surface area contributed by atoms with E-state index in [1.165, 1.54) is 31.0 Å². The molecule has 1 aromatic carbocycles. The highest BCUT2D eigenvalue weighted by atomic mass is 32.2. The Morgan fingerprint density at radius 2 is 1.93 bits per heavy atom. The molecule has 0 N–H and O–H groups in total. The SMILES string of the molecule is CCc1cc2c(OCCOOC)nc(SC)nc2n1Cc1cccc(C(F)(F)F)c1. The van der Waals surface area contributed by atoms with Crippen LogP contribution >= 0.6 is 11.8 Å². The van der Waals surface area contributed by atoms with Crippen LogP contribution in [0.25, 0.3) is 11.0 Å². The van der Waals surface area contributed by atoms with E-state index >= 15 is 0 Å². The van der Waals surface area contributed by atoms with Crippen LogP contribution in [0.2, 0.25) is 0 Å². The third kappa shape index (κ3) is 5.05. The van der Waals surface area contributed by atoms with Gasteiger partial charge in [-0.1, -0.05) is 30.8 Å². The van der Waals surface area contributed by atoms with Crippen LogP contribution in [-0.4, -0.2) is 41.1 Å². The molecule has 0 atom stereocenters. The molecule has 0 aliphatic heterocycles. The average molecular weight is 441 g/mol. The van der Waals surface area contributed by atoms with E-state index in [1.54, 1.807) is 6.07 Å². The van der Waals surface area contributed by atoms with Crippen LogP contribution in [0, 0.1) is 0 Å². The number of fused-ring (bicyclic) bond motifs is 1. The van der Waals surface area contributed by atoms with Gasteiger partial charge in [-0.2, -0.15) is 18.2 Å². The number of halogens is 3. The molecule has 0 bridgehead atoms. The van der Waals surface area contributed by atoms with Crippen LogP contribution in [0.1, 0.15) is 23.7 Å². The summed E-state index contributed by atoms with van der Waals surface area (Å²) in [5.41, 5.74) is 1.41. The van der Waals surface area contributed by atoms with E-state index in [9.17, 15) is 13.2 Å². The Labute approximate surface area is 176 Å². The second kappa shape index (κ2) is 9.67. The molecule has 162 valence electrons. The van der Waals surface area contributed by atoms with Crippen LogP contribution in [0.4, 0.5) is 13.2 Å². The van der Waals surface area contributed by atoms with E-state index in [4.69, 9.17) is 9.62 Å². The number of benzene rings is 1. The predicted molar refractivity (Wildman–Crippen MR) is 108 cm³/mol. The standard InChI is InChI=1S/C20H22F3N3O3S/c1-4-15-11-16-17(24-19(30-3)25-18(16)28-8-9-29-27-2)26(15)12-13-6-5-7-14(10-13)20(21,22)23/h5-7,10-11H,4,8-9,12H2,1-3H3. The maximum atomic E-state index is 13.1. The lowest BCUT2D eigenvalue weighted by atomic mass is 10.1. The first-order valence-electron chi connectivity index (χ1n) is 9.26. The van der Waals surface area contributed by atoms with Crippen molar-refractivity contribution in [2.75, 3.05) is 26.6 Å². The maximum absolute atomic E-state index is 13.1. The lowest BCUT2D eigenvalue weighted by molar-refractivity contribution is -0.275. The number of hydrogen-bond acceptors (Lipinski definition) is 6. The number of nitrogens with zero attached hydrogens (tertiary/aromatic N) is 3. The molecule has 3 rings (SSSR count). The van der Waals surface area contributed by atoms with Gasteiger partial charge in [0.15, 0.2) is 5.16 Å². The van der Waals surface area contributed by atoms with Crippen LogP contribution in [0.15, 0.2) is 35.5 Å². The molecule has 0 saturated carbocycles. The number of thioether (sulfide) groups is 1. The van der Waals surface area contributed by atoms with Crippen molar-refractivity contribution in [3.63, 3.8) is 0 Å². The highest BCUT2D eigenvalue weighted by Crippen LogP contribution is 2.32. The van der Waals surface area contributed by atoms with Gasteiger partial charge in [0.05, 0.1) is 18.1 Å². The lowest BCUT2D eigenvalue weighted by Gasteiger charge is -2.13. The molecule has 2 aromatic heterocycles. The molecule has 30 heavy (non-hydrogen) atoms. The second-order valence-corrected chi connectivity index (χ2v) is 7.14. The van der Waals surface area contributed by atoms with E-state index < -0.39 is 11.7 Å². The Bertz CT molecular complexity index is 1010. The zero-order chi connectivity index (χ0) is 21.7. The summed E-state index contributed by atoms with van der Waals surface area (Å²) in [5.74, 6) is 0.404. The second-order valence-electron chi connectivity index (χ2n) is 6.36. The van der Waals surface area contributed by atoms with Crippen molar-refractivity contribution >= 4 is 22.8 Å². The average Bonchev–Trinajstić information content (AvgIpc) is 3.08. The third-order valence-electron chi connectivity index (χ3n) is 4.45. The van der Waals surface area contributed by atoms with Gasteiger partial charge >= 0.3 is 6.18 Å². The highest BCUT2D eigenvalue weighted by molar-refractivity contribution is 7.98. The summed E-state index contributed by atoms with van der Waals surface area (Å²) in [4.78, 5) is 18.4. The van der Waals surface area contributed by atoms with Crippen LogP contribution in [-0.2, 0) is 28.9 Å². The normalized spacial score (nSPS) is 11.9. The van der Waals surface area contributed by atoms with E-state index in [0.29, 0.717) is 34.1 Å². The summed E-state index contributed by atoms with van der Waals surface area (Å²) in [5, 5.41) is 1.21. The van der Waals surface area contributed by atoms with Gasteiger partial charge in [-0.3, -0.25) is 0 Å². The molecule has 0 unspecified atom stereocenters. The lowest BCUT2D eigenvalue weighted by Crippen LogP contribution is -2.09. The first-order valence-corrected chi connectivity index (χ1v) is 10.5. The van der Waals surface area contributed by atoms with Gasteiger partial charge in [0, 0.05) is 12.2 Å². The van der Waals surface area contributed by atoms with Gasteiger partial charge in [-0.15, -0.1) is 0 Å². The summed E-state index contributed by atoms with van der Waals surface area (Å²) in [6.45, 7) is 2.69. The third-order valence-corrected chi connectivity index (χ3v) is 4.99. The Morgan fingerprint density at radius 1 is 1.13 bits per heavy atom. The highest BCUT2D eigenvalue weighted by Gasteiger charge is 2.30. The van der Waals surface area contributed by atoms with Gasteiger partial charge in [-0.25, -0.2) is 14.8 Å². The maximum Gasteiger partial charge on any atom is 0.416 e. The van der Waals surface area contributed by atoms with E-state index in [2.05, 4.69) is 14.9 Å². The zero-order valence-electron chi connectivity index (χ0n) is 16.8. The molecule has 0 aliphatic rings. The van der Waals surface area contributed by atoms with Crippen molar-refractivity contribution in [1.82, 2.24) is 14.5 Å². The number of rotatable bonds is 9. The van der Waals surface area contributed by atoms with Gasteiger partial charge in [0.1, 0.15) is 18.9 Å². The number of hydrogen-bond donors (Lipinski definition) is 0.